The fourth-order valence-electron chi connectivity index (χ4n) is 3.38. The molecule has 3 rings (SSSR count). The molecule has 0 saturated carbocycles. The topological polar surface area (TPSA) is 57.6 Å². The number of nitrogens with zero attached hydrogens (tertiary/aromatic N) is 1. The van der Waals surface area contributed by atoms with Crippen LogP contribution in [-0.4, -0.2) is 28.4 Å². The number of hydrogen-bond acceptors (Lipinski definition) is 2. The highest BCUT2D eigenvalue weighted by Gasteiger charge is 2.15. The Hall–Kier alpha value is -3.47. The van der Waals surface area contributed by atoms with E-state index in [0.29, 0.717) is 18.7 Å². The Morgan fingerprint density at radius 3 is 2.17 bits per heavy atom. The van der Waals surface area contributed by atoms with Gasteiger partial charge >= 0.3 is 5.97 Å². The Labute approximate surface area is 175 Å². The van der Waals surface area contributed by atoms with Crippen LogP contribution in [0.25, 0.3) is 11.1 Å². The summed E-state index contributed by atoms with van der Waals surface area (Å²) in [5.41, 5.74) is 3.48. The van der Waals surface area contributed by atoms with Gasteiger partial charge in [-0.15, -0.1) is 0 Å². The fourth-order valence-corrected chi connectivity index (χ4v) is 3.38. The van der Waals surface area contributed by atoms with Crippen molar-refractivity contribution in [1.82, 2.24) is 4.90 Å². The third kappa shape index (κ3) is 5.32. The smallest absolute Gasteiger partial charge is 0.336 e. The average Bonchev–Trinajstić information content (AvgIpc) is 2.75. The van der Waals surface area contributed by atoms with E-state index in [1.165, 1.54) is 12.1 Å². The van der Waals surface area contributed by atoms with E-state index in [1.54, 1.807) is 35.2 Å². The Bertz CT molecular complexity index is 1010. The molecule has 0 aliphatic rings. The van der Waals surface area contributed by atoms with Crippen molar-refractivity contribution in [3.05, 3.63) is 95.3 Å². The summed E-state index contributed by atoms with van der Waals surface area (Å²) in [4.78, 5) is 26.0. The summed E-state index contributed by atoms with van der Waals surface area (Å²) in [7, 11) is 0. The molecule has 0 heterocycles. The van der Waals surface area contributed by atoms with Crippen molar-refractivity contribution in [1.29, 1.82) is 0 Å². The summed E-state index contributed by atoms with van der Waals surface area (Å²) in [5.74, 6) is -1.29. The van der Waals surface area contributed by atoms with Crippen LogP contribution in [0, 0.1) is 5.82 Å². The van der Waals surface area contributed by atoms with E-state index in [-0.39, 0.29) is 23.7 Å². The van der Waals surface area contributed by atoms with Gasteiger partial charge in [0.05, 0.1) is 12.0 Å². The third-order valence-corrected chi connectivity index (χ3v) is 4.91. The van der Waals surface area contributed by atoms with Gasteiger partial charge in [0.1, 0.15) is 5.82 Å². The number of carboxylic acids is 1. The Kier molecular flexibility index (Phi) is 6.96. The van der Waals surface area contributed by atoms with Crippen molar-refractivity contribution in [3.63, 3.8) is 0 Å². The van der Waals surface area contributed by atoms with Gasteiger partial charge in [0.15, 0.2) is 0 Å². The van der Waals surface area contributed by atoms with Crippen molar-refractivity contribution in [2.75, 3.05) is 6.54 Å². The van der Waals surface area contributed by atoms with E-state index < -0.39 is 5.97 Å². The van der Waals surface area contributed by atoms with E-state index in [4.69, 9.17) is 0 Å². The summed E-state index contributed by atoms with van der Waals surface area (Å²) in [6.45, 7) is 3.11. The van der Waals surface area contributed by atoms with Gasteiger partial charge < -0.3 is 10.0 Å². The third-order valence-electron chi connectivity index (χ3n) is 4.91. The lowest BCUT2D eigenvalue weighted by molar-refractivity contribution is -0.131. The first-order valence-electron chi connectivity index (χ1n) is 9.91. The summed E-state index contributed by atoms with van der Waals surface area (Å²) >= 11 is 0. The highest BCUT2D eigenvalue weighted by Crippen LogP contribution is 2.24. The van der Waals surface area contributed by atoms with E-state index in [2.05, 4.69) is 0 Å². The molecule has 1 N–H and O–H groups in total. The van der Waals surface area contributed by atoms with Crippen LogP contribution in [0.4, 0.5) is 4.39 Å². The van der Waals surface area contributed by atoms with Crippen LogP contribution in [0.1, 0.15) is 34.8 Å². The lowest BCUT2D eigenvalue weighted by Crippen LogP contribution is -2.32. The van der Waals surface area contributed by atoms with Gasteiger partial charge in [-0.1, -0.05) is 61.5 Å². The molecule has 1 amide bonds. The number of halogens is 1. The molecular weight excluding hydrogens is 381 g/mol. The van der Waals surface area contributed by atoms with Gasteiger partial charge in [-0.2, -0.15) is 0 Å². The van der Waals surface area contributed by atoms with Crippen LogP contribution in [-0.2, 0) is 17.8 Å². The monoisotopic (exact) mass is 405 g/mol. The maximum absolute atomic E-state index is 13.1. The highest BCUT2D eigenvalue weighted by atomic mass is 19.1. The number of rotatable bonds is 8. The van der Waals surface area contributed by atoms with Gasteiger partial charge in [0.25, 0.3) is 0 Å². The van der Waals surface area contributed by atoms with Crippen molar-refractivity contribution in [3.8, 4) is 11.1 Å². The number of carboxylic acid groups (broad SMARTS) is 1. The van der Waals surface area contributed by atoms with E-state index in [1.807, 2.05) is 37.3 Å². The molecule has 30 heavy (non-hydrogen) atoms. The minimum absolute atomic E-state index is 0.0104. The first-order valence-corrected chi connectivity index (χ1v) is 9.91. The summed E-state index contributed by atoms with van der Waals surface area (Å²) in [6, 6.07) is 20.5. The predicted octanol–water partition coefficient (Wildman–Crippen LogP) is 5.17. The van der Waals surface area contributed by atoms with Crippen LogP contribution in [0.15, 0.2) is 72.8 Å². The van der Waals surface area contributed by atoms with E-state index >= 15 is 0 Å². The zero-order valence-corrected chi connectivity index (χ0v) is 16.8. The van der Waals surface area contributed by atoms with Crippen LogP contribution in [0.3, 0.4) is 0 Å². The number of benzene rings is 3. The standard InChI is InChI=1S/C25H24FNO3/c1-2-15-27(24(28)16-18-9-13-21(26)14-10-18)17-19-7-11-20(12-8-19)22-5-3-4-6-23(22)25(29)30/h3-14H,2,15-17H2,1H3,(H,29,30). The first kappa shape index (κ1) is 21.2. The lowest BCUT2D eigenvalue weighted by atomic mass is 9.98. The van der Waals surface area contributed by atoms with Crippen molar-refractivity contribution >= 4 is 11.9 Å². The van der Waals surface area contributed by atoms with Crippen LogP contribution < -0.4 is 0 Å². The summed E-state index contributed by atoms with van der Waals surface area (Å²) in [6.07, 6.45) is 1.06. The molecule has 3 aromatic carbocycles. The molecular formula is C25H24FNO3. The van der Waals surface area contributed by atoms with E-state index in [0.717, 1.165) is 23.1 Å². The Morgan fingerprint density at radius 2 is 1.53 bits per heavy atom. The Morgan fingerprint density at radius 1 is 0.900 bits per heavy atom. The molecule has 0 aliphatic carbocycles. The summed E-state index contributed by atoms with van der Waals surface area (Å²) in [5, 5.41) is 9.39. The second-order valence-corrected chi connectivity index (χ2v) is 7.17. The SMILES string of the molecule is CCCN(Cc1ccc(-c2ccccc2C(=O)O)cc1)C(=O)Cc1ccc(F)cc1. The zero-order chi connectivity index (χ0) is 21.5. The van der Waals surface area contributed by atoms with Crippen molar-refractivity contribution < 1.29 is 19.1 Å². The molecule has 0 bridgehead atoms. The van der Waals surface area contributed by atoms with E-state index in [9.17, 15) is 19.1 Å². The molecule has 0 saturated heterocycles. The maximum atomic E-state index is 13.1. The minimum Gasteiger partial charge on any atom is -0.478 e. The Balaban J connectivity index is 1.74. The minimum atomic E-state index is -0.963. The number of amides is 1. The molecule has 0 atom stereocenters. The molecule has 154 valence electrons. The lowest BCUT2D eigenvalue weighted by Gasteiger charge is -2.22. The first-order chi connectivity index (χ1) is 14.5. The highest BCUT2D eigenvalue weighted by molar-refractivity contribution is 5.96. The number of hydrogen-bond donors (Lipinski definition) is 1. The molecule has 4 nitrogen and oxygen atoms in total. The number of carbonyl (C=O) groups is 2. The quantitative estimate of drug-likeness (QED) is 0.562. The molecule has 0 aromatic heterocycles. The van der Waals surface area contributed by atoms with Crippen molar-refractivity contribution in [2.24, 2.45) is 0 Å². The van der Waals surface area contributed by atoms with Gasteiger partial charge in [0.2, 0.25) is 5.91 Å². The fraction of sp³-hybridized carbons (Fsp3) is 0.200. The summed E-state index contributed by atoms with van der Waals surface area (Å²) < 4.78 is 13.1. The molecule has 0 aliphatic heterocycles. The normalized spacial score (nSPS) is 10.6. The van der Waals surface area contributed by atoms with Gasteiger partial charge in [0, 0.05) is 13.1 Å². The van der Waals surface area contributed by atoms with Crippen molar-refractivity contribution in [2.45, 2.75) is 26.3 Å². The maximum Gasteiger partial charge on any atom is 0.336 e. The molecule has 0 radical (unpaired) electrons. The average molecular weight is 405 g/mol. The second kappa shape index (κ2) is 9.83. The molecule has 0 unspecified atom stereocenters. The zero-order valence-electron chi connectivity index (χ0n) is 16.8. The predicted molar refractivity (Wildman–Crippen MR) is 115 cm³/mol. The van der Waals surface area contributed by atoms with Gasteiger partial charge in [-0.25, -0.2) is 9.18 Å². The number of carbonyl (C=O) groups excluding carboxylic acids is 1. The van der Waals surface area contributed by atoms with Crippen LogP contribution >= 0.6 is 0 Å². The molecule has 0 fully saturated rings. The van der Waals surface area contributed by atoms with Crippen LogP contribution in [0.2, 0.25) is 0 Å². The number of aromatic carboxylic acids is 1. The van der Waals surface area contributed by atoms with Crippen LogP contribution in [0.5, 0.6) is 0 Å². The largest absolute Gasteiger partial charge is 0.478 e. The molecule has 5 heteroatoms. The van der Waals surface area contributed by atoms with Gasteiger partial charge in [-0.05, 0) is 46.9 Å². The second-order valence-electron chi connectivity index (χ2n) is 7.17. The molecule has 3 aromatic rings. The molecule has 0 spiro atoms. The van der Waals surface area contributed by atoms with Gasteiger partial charge in [-0.3, -0.25) is 4.79 Å².